The number of aromatic carboxylic acids is 1. The topological polar surface area (TPSA) is 66.4 Å². The second-order valence-corrected chi connectivity index (χ2v) is 9.54. The van der Waals surface area contributed by atoms with Crippen molar-refractivity contribution in [3.63, 3.8) is 0 Å². The minimum atomic E-state index is -0.894. The van der Waals surface area contributed by atoms with Crippen LogP contribution in [0.4, 0.5) is 0 Å². The Kier molecular flexibility index (Phi) is 5.45. The van der Waals surface area contributed by atoms with Gasteiger partial charge in [-0.1, -0.05) is 53.8 Å². The summed E-state index contributed by atoms with van der Waals surface area (Å²) in [6.45, 7) is 0.705. The first-order chi connectivity index (χ1) is 15.1. The normalized spacial score (nSPS) is 21.7. The van der Waals surface area contributed by atoms with Gasteiger partial charge in [-0.2, -0.15) is 0 Å². The molecule has 0 aliphatic heterocycles. The van der Waals surface area contributed by atoms with Gasteiger partial charge in [0, 0.05) is 28.2 Å². The molecule has 4 aliphatic rings. The number of rotatable bonds is 7. The number of amides is 1. The van der Waals surface area contributed by atoms with Crippen LogP contribution in [0.5, 0.6) is 0 Å². The van der Waals surface area contributed by atoms with Gasteiger partial charge in [-0.15, -0.1) is 0 Å². The molecule has 1 aromatic carbocycles. The molecule has 31 heavy (non-hydrogen) atoms. The molecule has 1 saturated carbocycles. The van der Waals surface area contributed by atoms with Crippen molar-refractivity contribution >= 4 is 23.6 Å². The molecule has 4 nitrogen and oxygen atoms in total. The summed E-state index contributed by atoms with van der Waals surface area (Å²) < 4.78 is 0. The fourth-order valence-electron chi connectivity index (χ4n) is 4.66. The maximum Gasteiger partial charge on any atom is 0.336 e. The average molecular weight is 432 g/mol. The van der Waals surface area contributed by atoms with Gasteiger partial charge in [-0.25, -0.2) is 4.79 Å². The summed E-state index contributed by atoms with van der Waals surface area (Å²) in [6.07, 6.45) is 15.7. The molecule has 1 unspecified atom stereocenters. The Bertz CT molecular complexity index is 1100. The van der Waals surface area contributed by atoms with E-state index in [4.69, 9.17) is 0 Å². The van der Waals surface area contributed by atoms with Crippen LogP contribution in [0, 0.1) is 11.8 Å². The van der Waals surface area contributed by atoms with Crippen molar-refractivity contribution in [1.29, 1.82) is 0 Å². The van der Waals surface area contributed by atoms with Crippen molar-refractivity contribution in [1.82, 2.24) is 5.32 Å². The first-order valence-corrected chi connectivity index (χ1v) is 11.7. The van der Waals surface area contributed by atoms with Crippen LogP contribution in [0.1, 0.15) is 42.5 Å². The lowest BCUT2D eigenvalue weighted by Crippen LogP contribution is -2.27. The van der Waals surface area contributed by atoms with Crippen LogP contribution in [0.25, 0.3) is 0 Å². The molecule has 0 aromatic heterocycles. The van der Waals surface area contributed by atoms with Crippen LogP contribution in [-0.4, -0.2) is 23.5 Å². The minimum Gasteiger partial charge on any atom is -0.478 e. The van der Waals surface area contributed by atoms with E-state index >= 15 is 0 Å². The third kappa shape index (κ3) is 4.07. The van der Waals surface area contributed by atoms with Crippen LogP contribution < -0.4 is 5.32 Å². The maximum absolute atomic E-state index is 12.0. The fourth-order valence-corrected chi connectivity index (χ4v) is 5.80. The summed E-state index contributed by atoms with van der Waals surface area (Å²) in [6, 6.07) is 7.21. The molecule has 1 amide bonds. The molecule has 158 valence electrons. The van der Waals surface area contributed by atoms with E-state index < -0.39 is 5.97 Å². The monoisotopic (exact) mass is 431 g/mol. The lowest BCUT2D eigenvalue weighted by molar-refractivity contribution is -0.122. The van der Waals surface area contributed by atoms with Gasteiger partial charge in [0.05, 0.1) is 5.56 Å². The smallest absolute Gasteiger partial charge is 0.336 e. The van der Waals surface area contributed by atoms with E-state index in [0.29, 0.717) is 12.1 Å². The number of carboxylic acids is 1. The Morgan fingerprint density at radius 3 is 2.74 bits per heavy atom. The number of hydrogen-bond acceptors (Lipinski definition) is 3. The Hall–Kier alpha value is -2.79. The minimum absolute atomic E-state index is 0.207. The molecule has 5 heteroatoms. The number of benzene rings is 1. The highest BCUT2D eigenvalue weighted by Crippen LogP contribution is 2.49. The van der Waals surface area contributed by atoms with Gasteiger partial charge in [0.15, 0.2) is 0 Å². The lowest BCUT2D eigenvalue weighted by atomic mass is 9.70. The van der Waals surface area contributed by atoms with E-state index in [9.17, 15) is 14.7 Å². The molecule has 1 fully saturated rings. The van der Waals surface area contributed by atoms with Crippen molar-refractivity contribution in [2.45, 2.75) is 37.0 Å². The van der Waals surface area contributed by atoms with Crippen LogP contribution in [0.2, 0.25) is 0 Å². The highest BCUT2D eigenvalue weighted by Gasteiger charge is 2.33. The van der Waals surface area contributed by atoms with Gasteiger partial charge >= 0.3 is 5.97 Å². The van der Waals surface area contributed by atoms with Crippen molar-refractivity contribution in [3.8, 4) is 0 Å². The highest BCUT2D eigenvalue weighted by molar-refractivity contribution is 8.03. The van der Waals surface area contributed by atoms with E-state index in [-0.39, 0.29) is 17.7 Å². The highest BCUT2D eigenvalue weighted by atomic mass is 32.2. The Balaban J connectivity index is 1.40. The summed E-state index contributed by atoms with van der Waals surface area (Å²) in [4.78, 5) is 25.5. The second kappa shape index (κ2) is 8.39. The predicted molar refractivity (Wildman–Crippen MR) is 123 cm³/mol. The quantitative estimate of drug-likeness (QED) is 0.605. The van der Waals surface area contributed by atoms with E-state index in [2.05, 4.69) is 35.7 Å². The first kappa shape index (κ1) is 20.1. The van der Waals surface area contributed by atoms with Gasteiger partial charge in [-0.3, -0.25) is 4.79 Å². The summed E-state index contributed by atoms with van der Waals surface area (Å²) in [5, 5.41) is 12.6. The molecule has 0 heterocycles. The van der Waals surface area contributed by atoms with Crippen LogP contribution in [-0.2, 0) is 4.79 Å². The summed E-state index contributed by atoms with van der Waals surface area (Å²) in [7, 11) is 0. The SMILES string of the molecule is O=C(O)c1ccccc1SC1=C2CCC(CCNC(=O)C3CC3)=C3C=CC=C(C=C1)C32. The Morgan fingerprint density at radius 2 is 1.94 bits per heavy atom. The standard InChI is InChI=1S/C26H25NO3S/c28-25(18-8-9-18)27-15-14-16-10-12-20-23(13-11-17-4-3-6-19(16)24(17)20)31-22-7-2-1-5-21(22)26(29)30/h1-7,11,13,18,24H,8-10,12,14-15H2,(H,27,28)(H,29,30). The van der Waals surface area contributed by atoms with Crippen molar-refractivity contribution in [2.24, 2.45) is 11.8 Å². The van der Waals surface area contributed by atoms with Gasteiger partial charge in [0.2, 0.25) is 5.91 Å². The molecule has 5 rings (SSSR count). The van der Waals surface area contributed by atoms with Crippen LogP contribution in [0.3, 0.4) is 0 Å². The first-order valence-electron chi connectivity index (χ1n) is 10.9. The number of carbonyl (C=O) groups is 2. The van der Waals surface area contributed by atoms with Crippen molar-refractivity contribution in [3.05, 3.63) is 87.4 Å². The fraction of sp³-hybridized carbons (Fsp3) is 0.308. The van der Waals surface area contributed by atoms with Crippen molar-refractivity contribution < 1.29 is 14.7 Å². The molecular formula is C26H25NO3S. The molecule has 0 bridgehead atoms. The van der Waals surface area contributed by atoms with Crippen molar-refractivity contribution in [2.75, 3.05) is 6.54 Å². The lowest BCUT2D eigenvalue weighted by Gasteiger charge is -2.36. The van der Waals surface area contributed by atoms with Gasteiger partial charge in [0.25, 0.3) is 0 Å². The summed E-state index contributed by atoms with van der Waals surface area (Å²) in [5.74, 6) is -0.190. The summed E-state index contributed by atoms with van der Waals surface area (Å²) in [5.41, 5.74) is 5.80. The Labute approximate surface area is 186 Å². The van der Waals surface area contributed by atoms with Gasteiger partial charge in [0.1, 0.15) is 0 Å². The molecule has 0 saturated heterocycles. The Morgan fingerprint density at radius 1 is 1.10 bits per heavy atom. The molecule has 4 aliphatic carbocycles. The van der Waals surface area contributed by atoms with E-state index in [1.165, 1.54) is 22.3 Å². The molecule has 1 atom stereocenters. The van der Waals surface area contributed by atoms with E-state index in [1.54, 1.807) is 23.9 Å². The van der Waals surface area contributed by atoms with Crippen LogP contribution >= 0.6 is 11.8 Å². The number of allylic oxidation sites excluding steroid dienone is 8. The number of carbonyl (C=O) groups excluding carboxylic acids is 1. The molecule has 0 radical (unpaired) electrons. The van der Waals surface area contributed by atoms with Gasteiger partial charge in [-0.05, 0) is 67.0 Å². The number of hydrogen-bond donors (Lipinski definition) is 2. The average Bonchev–Trinajstić information content (AvgIpc) is 3.62. The second-order valence-electron chi connectivity index (χ2n) is 8.46. The van der Waals surface area contributed by atoms with E-state index in [1.807, 2.05) is 12.1 Å². The largest absolute Gasteiger partial charge is 0.478 e. The molecule has 2 N–H and O–H groups in total. The zero-order valence-electron chi connectivity index (χ0n) is 17.3. The third-order valence-electron chi connectivity index (χ3n) is 6.42. The summed E-state index contributed by atoms with van der Waals surface area (Å²) >= 11 is 1.56. The molecule has 0 spiro atoms. The number of nitrogens with one attached hydrogen (secondary N) is 1. The molecular weight excluding hydrogens is 406 g/mol. The van der Waals surface area contributed by atoms with Crippen LogP contribution in [0.15, 0.2) is 86.7 Å². The zero-order chi connectivity index (χ0) is 21.4. The molecule has 1 aromatic rings. The zero-order valence-corrected chi connectivity index (χ0v) is 18.1. The predicted octanol–water partition coefficient (Wildman–Crippen LogP) is 5.42. The third-order valence-corrected chi connectivity index (χ3v) is 7.61. The number of carboxylic acid groups (broad SMARTS) is 1. The van der Waals surface area contributed by atoms with Gasteiger partial charge < -0.3 is 10.4 Å². The number of thioether (sulfide) groups is 1. The van der Waals surface area contributed by atoms with E-state index in [0.717, 1.165) is 41.9 Å². The maximum atomic E-state index is 12.0.